The van der Waals surface area contributed by atoms with Crippen molar-refractivity contribution in [1.82, 2.24) is 9.55 Å². The van der Waals surface area contributed by atoms with Crippen molar-refractivity contribution in [2.45, 2.75) is 50.7 Å². The number of unbranched alkanes of at least 4 members (excludes halogenated alkanes) is 2. The number of hydroxylamine groups is 1. The predicted octanol–water partition coefficient (Wildman–Crippen LogP) is -0.0927. The van der Waals surface area contributed by atoms with Gasteiger partial charge in [0.1, 0.15) is 29.4 Å². The number of H-pyrrole nitrogens is 1. The summed E-state index contributed by atoms with van der Waals surface area (Å²) in [6.45, 7) is 2.18. The molecule has 1 fully saturated rings. The van der Waals surface area contributed by atoms with E-state index >= 15 is 0 Å². The van der Waals surface area contributed by atoms with Crippen molar-refractivity contribution in [3.63, 3.8) is 0 Å². The van der Waals surface area contributed by atoms with E-state index in [1.807, 2.05) is 0 Å². The molecule has 1 amide bonds. The first-order chi connectivity index (χ1) is 15.9. The van der Waals surface area contributed by atoms with Crippen molar-refractivity contribution in [2.75, 3.05) is 13.2 Å². The summed E-state index contributed by atoms with van der Waals surface area (Å²) in [5.41, 5.74) is -0.363. The number of aliphatic hydroxyl groups excluding tert-OH is 2. The number of hydrogen-bond acceptors (Lipinski definition) is 8. The molecule has 1 aromatic heterocycles. The van der Waals surface area contributed by atoms with Gasteiger partial charge in [-0.1, -0.05) is 31.9 Å². The van der Waals surface area contributed by atoms with Gasteiger partial charge in [0.25, 0.3) is 5.56 Å². The monoisotopic (exact) mass is 460 g/mol. The van der Waals surface area contributed by atoms with E-state index in [0.717, 1.165) is 34.6 Å². The van der Waals surface area contributed by atoms with Crippen molar-refractivity contribution in [3.05, 3.63) is 68.5 Å². The van der Waals surface area contributed by atoms with Crippen LogP contribution in [0, 0.1) is 0 Å². The third kappa shape index (κ3) is 4.47. The zero-order valence-corrected chi connectivity index (χ0v) is 18.0. The van der Waals surface area contributed by atoms with Gasteiger partial charge in [-0.15, -0.1) is 0 Å². The van der Waals surface area contributed by atoms with Crippen LogP contribution < -0.4 is 11.2 Å². The van der Waals surface area contributed by atoms with Gasteiger partial charge in [-0.25, -0.2) is 9.59 Å². The standard InChI is InChI=1S/C22H25N3O8/c1-2-3-6-11-31-20-14-8-5-4-7-13(14)19(29)25(20)32-12-15-17(27)18(28)21(33-15)24-10-9-16(26)23-22(24)30/h4-5,7-10,15,17-18,21,27-28H,2-3,6,11-12H2,1H3/p+1/t15-,17-,18-,21-/m1/s1. The van der Waals surface area contributed by atoms with Gasteiger partial charge in [0.2, 0.25) is 0 Å². The van der Waals surface area contributed by atoms with Crippen molar-refractivity contribution in [3.8, 4) is 0 Å². The Bertz CT molecular complexity index is 1170. The lowest BCUT2D eigenvalue weighted by molar-refractivity contribution is -0.719. The van der Waals surface area contributed by atoms with E-state index in [0.29, 0.717) is 17.7 Å². The highest BCUT2D eigenvalue weighted by atomic mass is 16.7. The molecule has 4 rings (SSSR count). The molecule has 3 N–H and O–H groups in total. The molecule has 2 aromatic rings. The molecule has 11 nitrogen and oxygen atoms in total. The van der Waals surface area contributed by atoms with Crippen LogP contribution in [0.3, 0.4) is 0 Å². The third-order valence-corrected chi connectivity index (χ3v) is 5.57. The Kier molecular flexibility index (Phi) is 6.72. The van der Waals surface area contributed by atoms with Gasteiger partial charge in [0, 0.05) is 12.3 Å². The summed E-state index contributed by atoms with van der Waals surface area (Å²) in [5.74, 6) is -0.161. The summed E-state index contributed by atoms with van der Waals surface area (Å²) in [6, 6.07) is 8.05. The van der Waals surface area contributed by atoms with Gasteiger partial charge in [0.05, 0.1) is 11.3 Å². The van der Waals surface area contributed by atoms with Crippen LogP contribution in [0.1, 0.15) is 48.3 Å². The summed E-state index contributed by atoms with van der Waals surface area (Å²) in [4.78, 5) is 44.0. The fourth-order valence-electron chi connectivity index (χ4n) is 3.81. The van der Waals surface area contributed by atoms with Gasteiger partial charge in [-0.05, 0) is 18.6 Å². The van der Waals surface area contributed by atoms with Crippen LogP contribution in [0.25, 0.3) is 0 Å². The van der Waals surface area contributed by atoms with Crippen LogP contribution >= 0.6 is 0 Å². The molecule has 1 aromatic carbocycles. The maximum atomic E-state index is 12.9. The number of aromatic nitrogens is 2. The van der Waals surface area contributed by atoms with Crippen LogP contribution in [0.5, 0.6) is 0 Å². The number of benzene rings is 1. The molecule has 4 atom stereocenters. The van der Waals surface area contributed by atoms with Crippen LogP contribution in [-0.4, -0.2) is 67.8 Å². The van der Waals surface area contributed by atoms with E-state index < -0.39 is 41.7 Å². The number of amides is 1. The highest BCUT2D eigenvalue weighted by Crippen LogP contribution is 2.29. The molecule has 176 valence electrons. The molecule has 33 heavy (non-hydrogen) atoms. The van der Waals surface area contributed by atoms with Crippen LogP contribution in [0.2, 0.25) is 0 Å². The minimum Gasteiger partial charge on any atom is -0.441 e. The Balaban J connectivity index is 1.51. The highest BCUT2D eigenvalue weighted by molar-refractivity contribution is 6.09. The number of fused-ring (bicyclic) bond motifs is 1. The SMILES string of the molecule is CCCCCOC1=[N+](OC[C@H]2O[C@@H](n3ccc(=O)[nH]c3=O)[C@H](O)[C@@H]2O)C(=O)c2ccccc21. The Labute approximate surface area is 188 Å². The number of aliphatic hydroxyl groups is 2. The molecular formula is C22H26N3O8+. The number of aromatic amines is 1. The maximum absolute atomic E-state index is 12.9. The van der Waals surface area contributed by atoms with E-state index in [1.165, 1.54) is 6.20 Å². The van der Waals surface area contributed by atoms with E-state index in [-0.39, 0.29) is 12.5 Å². The third-order valence-electron chi connectivity index (χ3n) is 5.57. The lowest BCUT2D eigenvalue weighted by Crippen LogP contribution is -2.38. The molecule has 11 heteroatoms. The quantitative estimate of drug-likeness (QED) is 0.366. The minimum absolute atomic E-state index is 0.258. The normalized spacial score (nSPS) is 24.3. The number of hydrogen-bond donors (Lipinski definition) is 3. The molecule has 0 aliphatic carbocycles. The number of carbonyl (C=O) groups is 1. The molecule has 3 heterocycles. The zero-order valence-electron chi connectivity index (χ0n) is 18.0. The molecule has 0 spiro atoms. The first-order valence-corrected chi connectivity index (χ1v) is 10.8. The summed E-state index contributed by atoms with van der Waals surface area (Å²) in [7, 11) is 0. The van der Waals surface area contributed by atoms with Crippen LogP contribution in [0.4, 0.5) is 0 Å². The van der Waals surface area contributed by atoms with Crippen LogP contribution in [0.15, 0.2) is 46.1 Å². The molecule has 1 saturated heterocycles. The zero-order chi connectivity index (χ0) is 23.5. The smallest absolute Gasteiger partial charge is 0.441 e. The number of ether oxygens (including phenoxy) is 2. The number of rotatable bonds is 8. The molecule has 0 saturated carbocycles. The second-order valence-electron chi connectivity index (χ2n) is 7.87. The van der Waals surface area contributed by atoms with Crippen molar-refractivity contribution < 1.29 is 34.1 Å². The average Bonchev–Trinajstić information content (AvgIpc) is 3.23. The molecule has 0 bridgehead atoms. The maximum Gasteiger partial charge on any atom is 0.471 e. The van der Waals surface area contributed by atoms with E-state index in [1.54, 1.807) is 24.3 Å². The number of nitrogens with zero attached hydrogens (tertiary/aromatic N) is 2. The van der Waals surface area contributed by atoms with E-state index in [2.05, 4.69) is 11.9 Å². The lowest BCUT2D eigenvalue weighted by atomic mass is 10.1. The van der Waals surface area contributed by atoms with Gasteiger partial charge in [-0.3, -0.25) is 19.2 Å². The molecule has 2 aliphatic rings. The fourth-order valence-corrected chi connectivity index (χ4v) is 3.81. The van der Waals surface area contributed by atoms with Crippen molar-refractivity contribution >= 4 is 11.8 Å². The van der Waals surface area contributed by atoms with E-state index in [4.69, 9.17) is 14.3 Å². The Morgan fingerprint density at radius 3 is 2.58 bits per heavy atom. The second-order valence-corrected chi connectivity index (χ2v) is 7.87. The Morgan fingerprint density at radius 1 is 1.09 bits per heavy atom. The molecule has 0 radical (unpaired) electrons. The van der Waals surface area contributed by atoms with Gasteiger partial charge in [-0.2, -0.15) is 0 Å². The second kappa shape index (κ2) is 9.69. The minimum atomic E-state index is -1.46. The summed E-state index contributed by atoms with van der Waals surface area (Å²) >= 11 is 0. The first-order valence-electron chi connectivity index (χ1n) is 10.8. The number of nitrogens with one attached hydrogen (secondary N) is 1. The van der Waals surface area contributed by atoms with Crippen molar-refractivity contribution in [2.24, 2.45) is 0 Å². The number of carbonyl (C=O) groups excluding carboxylic acids is 1. The van der Waals surface area contributed by atoms with Crippen molar-refractivity contribution in [1.29, 1.82) is 0 Å². The van der Waals surface area contributed by atoms with Gasteiger partial charge < -0.3 is 19.7 Å². The van der Waals surface area contributed by atoms with Crippen LogP contribution in [-0.2, 0) is 14.3 Å². The molecule has 0 unspecified atom stereocenters. The average molecular weight is 460 g/mol. The molecular weight excluding hydrogens is 434 g/mol. The van der Waals surface area contributed by atoms with E-state index in [9.17, 15) is 24.6 Å². The summed E-state index contributed by atoms with van der Waals surface area (Å²) < 4.78 is 13.5. The first kappa shape index (κ1) is 22.9. The Morgan fingerprint density at radius 2 is 1.85 bits per heavy atom. The summed E-state index contributed by atoms with van der Waals surface area (Å²) in [5, 5.41) is 20.8. The van der Waals surface area contributed by atoms with Gasteiger partial charge >= 0.3 is 17.5 Å². The highest BCUT2D eigenvalue weighted by Gasteiger charge is 2.48. The largest absolute Gasteiger partial charge is 0.471 e. The fraction of sp³-hybridized carbons (Fsp3) is 0.455. The lowest BCUT2D eigenvalue weighted by Gasteiger charge is -2.16. The Hall–Kier alpha value is -3.28. The topological polar surface area (TPSA) is 143 Å². The predicted molar refractivity (Wildman–Crippen MR) is 114 cm³/mol. The summed E-state index contributed by atoms with van der Waals surface area (Å²) in [6.07, 6.45) is -1.16. The molecule has 2 aliphatic heterocycles. The van der Waals surface area contributed by atoms with Gasteiger partial charge in [0.15, 0.2) is 12.8 Å².